The lowest BCUT2D eigenvalue weighted by Gasteiger charge is -2.64. The van der Waals surface area contributed by atoms with Crippen LogP contribution in [0.15, 0.2) is 24.3 Å². The van der Waals surface area contributed by atoms with Gasteiger partial charge in [0, 0.05) is 6.04 Å². The fraction of sp³-hybridized carbons (Fsp3) is 0.741. The van der Waals surface area contributed by atoms with Gasteiger partial charge in [0.1, 0.15) is 6.61 Å². The minimum absolute atomic E-state index is 0.0859. The van der Waals surface area contributed by atoms with Crippen LogP contribution >= 0.6 is 0 Å². The molecule has 1 aromatic carbocycles. The van der Waals surface area contributed by atoms with Crippen LogP contribution in [0.25, 0.3) is 0 Å². The van der Waals surface area contributed by atoms with Crippen LogP contribution in [0.3, 0.4) is 0 Å². The average Bonchev–Trinajstić information content (AvgIpc) is 2.97. The summed E-state index contributed by atoms with van der Waals surface area (Å²) in [6.45, 7) is 10.4. The van der Waals surface area contributed by atoms with E-state index in [1.807, 2.05) is 0 Å². The molecule has 34 heavy (non-hydrogen) atoms. The first-order valence-corrected chi connectivity index (χ1v) is 13.3. The summed E-state index contributed by atoms with van der Waals surface area (Å²) in [7, 11) is -0.477. The zero-order chi connectivity index (χ0) is 23.9. The first-order chi connectivity index (χ1) is 16.3. The lowest BCUT2D eigenvalue weighted by atomic mass is 9.43. The van der Waals surface area contributed by atoms with E-state index >= 15 is 0 Å². The van der Waals surface area contributed by atoms with Gasteiger partial charge < -0.3 is 24.7 Å². The van der Waals surface area contributed by atoms with Crippen LogP contribution in [-0.2, 0) is 20.5 Å². The van der Waals surface area contributed by atoms with Crippen molar-refractivity contribution in [3.8, 4) is 0 Å². The summed E-state index contributed by atoms with van der Waals surface area (Å²) < 4.78 is 18.9. The predicted octanol–water partition coefficient (Wildman–Crippen LogP) is 4.43. The summed E-state index contributed by atoms with van der Waals surface area (Å²) >= 11 is 0. The van der Waals surface area contributed by atoms with Crippen LogP contribution in [0.1, 0.15) is 70.4 Å². The molecule has 5 fully saturated rings. The summed E-state index contributed by atoms with van der Waals surface area (Å²) in [6, 6.07) is 8.69. The van der Waals surface area contributed by atoms with E-state index in [9.17, 15) is 4.79 Å². The van der Waals surface area contributed by atoms with E-state index in [1.54, 1.807) is 0 Å². The maximum Gasteiger partial charge on any atom is 0.482 e. The van der Waals surface area contributed by atoms with Gasteiger partial charge in [0.2, 0.25) is 0 Å². The summed E-state index contributed by atoms with van der Waals surface area (Å²) in [5.74, 6) is 0.876. The van der Waals surface area contributed by atoms with Gasteiger partial charge in [0.25, 0.3) is 0 Å². The lowest BCUT2D eigenvalue weighted by Crippen LogP contribution is -2.65. The molecule has 0 spiro atoms. The fourth-order valence-electron chi connectivity index (χ4n) is 6.88. The Hall–Kier alpha value is -1.57. The molecule has 0 aromatic heterocycles. The number of rotatable bonds is 6. The Bertz CT molecular complexity index is 870. The Labute approximate surface area is 205 Å². The van der Waals surface area contributed by atoms with Gasteiger partial charge in [0.15, 0.2) is 0 Å². The molecule has 2 N–H and O–H groups in total. The van der Waals surface area contributed by atoms with E-state index in [-0.39, 0.29) is 35.2 Å². The minimum Gasteiger partial charge on any atom is -0.448 e. The second kappa shape index (κ2) is 9.48. The van der Waals surface area contributed by atoms with Crippen LogP contribution in [0.4, 0.5) is 4.79 Å². The Morgan fingerprint density at radius 3 is 2.76 bits per heavy atom. The second-order valence-electron chi connectivity index (χ2n) is 11.9. The second-order valence-corrected chi connectivity index (χ2v) is 11.9. The van der Waals surface area contributed by atoms with Crippen LogP contribution < -0.4 is 10.6 Å². The molecule has 6 rings (SSSR count). The van der Waals surface area contributed by atoms with Gasteiger partial charge in [-0.2, -0.15) is 0 Å². The van der Waals surface area contributed by atoms with Crippen molar-refractivity contribution in [2.45, 2.75) is 96.3 Å². The number of hydrogen-bond donors (Lipinski definition) is 2. The topological polar surface area (TPSA) is 68.8 Å². The molecule has 1 aromatic rings. The molecule has 1 amide bonds. The number of alkyl carbamates (subject to hydrolysis) is 1. The number of ether oxygens (including phenoxy) is 1. The monoisotopic (exact) mass is 468 g/mol. The first-order valence-electron chi connectivity index (χ1n) is 13.3. The van der Waals surface area contributed by atoms with E-state index in [2.05, 4.69) is 62.6 Å². The Morgan fingerprint density at radius 1 is 1.21 bits per heavy atom. The highest BCUT2D eigenvalue weighted by atomic mass is 16.7. The lowest BCUT2D eigenvalue weighted by molar-refractivity contribution is -0.199. The Balaban J connectivity index is 1.27. The molecule has 2 bridgehead atoms. The van der Waals surface area contributed by atoms with Crippen molar-refractivity contribution in [2.24, 2.45) is 17.3 Å². The van der Waals surface area contributed by atoms with E-state index in [1.165, 1.54) is 31.2 Å². The number of carbonyl (C=O) groups is 1. The van der Waals surface area contributed by atoms with Crippen molar-refractivity contribution in [2.75, 3.05) is 13.2 Å². The number of carbonyl (C=O) groups excluding carboxylic acids is 1. The highest BCUT2D eigenvalue weighted by Gasteiger charge is 2.68. The predicted molar refractivity (Wildman–Crippen MR) is 134 cm³/mol. The van der Waals surface area contributed by atoms with E-state index in [0.29, 0.717) is 24.9 Å². The van der Waals surface area contributed by atoms with Crippen LogP contribution in [0, 0.1) is 24.2 Å². The molecule has 6 nitrogen and oxygen atoms in total. The average molecular weight is 468 g/mol. The van der Waals surface area contributed by atoms with Crippen molar-refractivity contribution in [3.63, 3.8) is 0 Å². The first kappa shape index (κ1) is 24.1. The molecule has 0 radical (unpaired) electrons. The third-order valence-electron chi connectivity index (χ3n) is 9.25. The van der Waals surface area contributed by atoms with Crippen molar-refractivity contribution >= 4 is 13.2 Å². The zero-order valence-electron chi connectivity index (χ0n) is 21.3. The van der Waals surface area contributed by atoms with E-state index in [4.69, 9.17) is 14.0 Å². The van der Waals surface area contributed by atoms with Crippen LogP contribution in [0.2, 0.25) is 0 Å². The van der Waals surface area contributed by atoms with Crippen molar-refractivity contribution < 1.29 is 18.8 Å². The number of benzene rings is 1. The maximum absolute atomic E-state index is 12.9. The molecule has 7 heteroatoms. The Morgan fingerprint density at radius 2 is 2.00 bits per heavy atom. The molecule has 186 valence electrons. The molecular weight excluding hydrogens is 427 g/mol. The van der Waals surface area contributed by atoms with Gasteiger partial charge in [-0.1, -0.05) is 56.5 Å². The third kappa shape index (κ3) is 4.63. The normalized spacial score (nSPS) is 35.0. The van der Waals surface area contributed by atoms with Crippen LogP contribution in [-0.4, -0.2) is 50.1 Å². The van der Waals surface area contributed by atoms with Gasteiger partial charge >= 0.3 is 13.2 Å². The summed E-state index contributed by atoms with van der Waals surface area (Å²) in [5.41, 5.74) is 2.36. The summed E-state index contributed by atoms with van der Waals surface area (Å²) in [6.07, 6.45) is 7.24. The van der Waals surface area contributed by atoms with Gasteiger partial charge in [-0.3, -0.25) is 0 Å². The smallest absolute Gasteiger partial charge is 0.448 e. The standard InChI is InChI=1S/C27H41BN2O4/c1-18-9-11-19(12-10-18)14-24(30-25(31)32-17-21-8-6-5-7-13-29-21)28-33-23-16-20-15-22(26(20,2)3)27(23,4)34-28/h9-12,20-24,29H,5-8,13-17H2,1-4H3,(H,30,31)/t20-,21+,22-,23+,24-,27-/m0/s1. The number of amides is 1. The zero-order valence-corrected chi connectivity index (χ0v) is 21.3. The molecule has 2 aliphatic heterocycles. The summed E-state index contributed by atoms with van der Waals surface area (Å²) in [5, 5.41) is 6.61. The number of nitrogens with one attached hydrogen (secondary N) is 2. The van der Waals surface area contributed by atoms with Crippen molar-refractivity contribution in [1.82, 2.24) is 10.6 Å². The highest BCUT2D eigenvalue weighted by Crippen LogP contribution is 2.65. The molecule has 0 unspecified atom stereocenters. The molecule has 2 heterocycles. The third-order valence-corrected chi connectivity index (χ3v) is 9.25. The largest absolute Gasteiger partial charge is 0.482 e. The number of hydrogen-bond acceptors (Lipinski definition) is 5. The van der Waals surface area contributed by atoms with Gasteiger partial charge in [0.05, 0.1) is 17.6 Å². The highest BCUT2D eigenvalue weighted by molar-refractivity contribution is 6.47. The molecule has 3 saturated carbocycles. The molecular formula is C27H41BN2O4. The Kier molecular flexibility index (Phi) is 6.73. The van der Waals surface area contributed by atoms with Crippen molar-refractivity contribution in [3.05, 3.63) is 35.4 Å². The fourth-order valence-corrected chi connectivity index (χ4v) is 6.88. The SMILES string of the molecule is Cc1ccc(C[C@H](NC(=O)OC[C@H]2CCCCCN2)B2O[C@@H]3C[C@@H]4C[C@@H](C4(C)C)[C@]3(C)O2)cc1. The molecule has 5 aliphatic rings. The van der Waals surface area contributed by atoms with Gasteiger partial charge in [-0.05, 0) is 75.3 Å². The van der Waals surface area contributed by atoms with E-state index in [0.717, 1.165) is 24.9 Å². The molecule has 3 aliphatic carbocycles. The van der Waals surface area contributed by atoms with Crippen LogP contribution in [0.5, 0.6) is 0 Å². The molecule has 6 atom stereocenters. The number of aryl methyl sites for hydroxylation is 1. The van der Waals surface area contributed by atoms with Gasteiger partial charge in [-0.15, -0.1) is 0 Å². The quantitative estimate of drug-likeness (QED) is 0.605. The minimum atomic E-state index is -0.477. The van der Waals surface area contributed by atoms with Gasteiger partial charge in [-0.25, -0.2) is 4.79 Å². The summed E-state index contributed by atoms with van der Waals surface area (Å²) in [4.78, 5) is 12.9. The maximum atomic E-state index is 12.9. The van der Waals surface area contributed by atoms with Crippen molar-refractivity contribution in [1.29, 1.82) is 0 Å². The molecule has 2 saturated heterocycles. The van der Waals surface area contributed by atoms with E-state index < -0.39 is 7.12 Å².